The van der Waals surface area contributed by atoms with Crippen molar-refractivity contribution in [2.75, 3.05) is 0 Å². The fourth-order valence-corrected chi connectivity index (χ4v) is 4.27. The van der Waals surface area contributed by atoms with E-state index in [9.17, 15) is 31.6 Å². The fraction of sp³-hybridized carbons (Fsp3) is 0.0714. The van der Waals surface area contributed by atoms with Crippen LogP contribution in [0.2, 0.25) is 0 Å². The lowest BCUT2D eigenvalue weighted by atomic mass is 9.87. The lowest BCUT2D eigenvalue weighted by Crippen LogP contribution is -2.25. The molecule has 0 saturated carbocycles. The van der Waals surface area contributed by atoms with Crippen molar-refractivity contribution in [3.8, 4) is 28.7 Å². The molecule has 196 valence electrons. The first-order valence-electron chi connectivity index (χ1n) is 11.3. The highest BCUT2D eigenvalue weighted by atomic mass is 19.4. The molecule has 40 heavy (non-hydrogen) atoms. The largest absolute Gasteiger partial charge is 0.416 e. The molecule has 4 aromatic rings. The molecule has 1 aromatic heterocycles. The minimum Gasteiger partial charge on any atom is -0.241 e. The maximum absolute atomic E-state index is 13.2. The third-order valence-electron chi connectivity index (χ3n) is 6.06. The van der Waals surface area contributed by atoms with Crippen molar-refractivity contribution < 1.29 is 26.3 Å². The van der Waals surface area contributed by atoms with E-state index in [0.717, 1.165) is 24.3 Å². The summed E-state index contributed by atoms with van der Waals surface area (Å²) >= 11 is 0. The maximum atomic E-state index is 13.2. The summed E-state index contributed by atoms with van der Waals surface area (Å²) < 4.78 is 79.3. The second-order valence-electron chi connectivity index (χ2n) is 8.42. The SMILES string of the molecule is [C-]#[N+]N=C1c2ccccc2C(=NC#N)c2nc(-c3ccc(C(F)(F)F)cc3)c(-c3ccc(C(F)(F)F)cc3)nc21. The van der Waals surface area contributed by atoms with Gasteiger partial charge in [0.15, 0.2) is 5.71 Å². The van der Waals surface area contributed by atoms with Crippen LogP contribution in [0.15, 0.2) is 82.9 Å². The molecular formula is C28H12F6N6. The van der Waals surface area contributed by atoms with Crippen LogP contribution in [-0.2, 0) is 12.4 Å². The summed E-state index contributed by atoms with van der Waals surface area (Å²) in [5.74, 6) is 0. The van der Waals surface area contributed by atoms with Crippen LogP contribution in [0.4, 0.5) is 26.3 Å². The van der Waals surface area contributed by atoms with Gasteiger partial charge in [-0.15, -0.1) is 4.95 Å². The molecule has 0 saturated heterocycles. The second kappa shape index (κ2) is 9.75. The average Bonchev–Trinajstić information content (AvgIpc) is 2.93. The van der Waals surface area contributed by atoms with Gasteiger partial charge in [-0.1, -0.05) is 48.5 Å². The van der Waals surface area contributed by atoms with Crippen molar-refractivity contribution >= 4 is 11.4 Å². The van der Waals surface area contributed by atoms with Gasteiger partial charge in [-0.2, -0.15) is 43.2 Å². The number of hydrogen-bond donors (Lipinski definition) is 0. The Labute approximate surface area is 222 Å². The predicted octanol–water partition coefficient (Wildman–Crippen LogP) is 7.15. The van der Waals surface area contributed by atoms with Crippen LogP contribution >= 0.6 is 0 Å². The van der Waals surface area contributed by atoms with Gasteiger partial charge in [-0.25, -0.2) is 9.97 Å². The number of aliphatic imine (C=N–C) groups is 1. The van der Waals surface area contributed by atoms with Crippen LogP contribution in [0.5, 0.6) is 0 Å². The second-order valence-corrected chi connectivity index (χ2v) is 8.42. The molecule has 0 bridgehead atoms. The number of fused-ring (bicyclic) bond motifs is 2. The maximum Gasteiger partial charge on any atom is 0.416 e. The first kappa shape index (κ1) is 26.3. The Balaban J connectivity index is 1.82. The van der Waals surface area contributed by atoms with E-state index in [4.69, 9.17) is 6.57 Å². The molecule has 3 aromatic carbocycles. The number of nitrogens with zero attached hydrogens (tertiary/aromatic N) is 6. The number of aromatic nitrogens is 2. The van der Waals surface area contributed by atoms with Gasteiger partial charge in [-0.3, -0.25) is 0 Å². The molecule has 0 atom stereocenters. The minimum absolute atomic E-state index is 0.0272. The molecule has 1 aliphatic rings. The highest BCUT2D eigenvalue weighted by Crippen LogP contribution is 2.37. The van der Waals surface area contributed by atoms with E-state index < -0.39 is 23.5 Å². The van der Waals surface area contributed by atoms with Gasteiger partial charge < -0.3 is 0 Å². The van der Waals surface area contributed by atoms with E-state index >= 15 is 0 Å². The normalized spacial score (nSPS) is 14.8. The van der Waals surface area contributed by atoms with Crippen molar-refractivity contribution in [3.05, 3.63) is 118 Å². The van der Waals surface area contributed by atoms with E-state index in [-0.39, 0.29) is 45.3 Å². The number of benzene rings is 3. The lowest BCUT2D eigenvalue weighted by Gasteiger charge is -2.21. The molecule has 0 spiro atoms. The summed E-state index contributed by atoms with van der Waals surface area (Å²) in [7, 11) is 0. The minimum atomic E-state index is -4.60. The summed E-state index contributed by atoms with van der Waals surface area (Å²) in [5, 5.41) is 13.3. The van der Waals surface area contributed by atoms with Crippen molar-refractivity contribution in [1.29, 1.82) is 5.26 Å². The Hall–Kier alpha value is -5.36. The van der Waals surface area contributed by atoms with Crippen LogP contribution in [0.3, 0.4) is 0 Å². The van der Waals surface area contributed by atoms with Gasteiger partial charge in [0.25, 0.3) is 0 Å². The molecule has 0 radical (unpaired) electrons. The third-order valence-corrected chi connectivity index (χ3v) is 6.06. The molecule has 6 nitrogen and oxygen atoms in total. The smallest absolute Gasteiger partial charge is 0.241 e. The van der Waals surface area contributed by atoms with Crippen LogP contribution in [-0.4, -0.2) is 21.4 Å². The standard InChI is InChI=1S/C28H12F6N6/c1-36-40-24-20-5-3-2-4-19(20)23(37-14-35)25-26(24)39-22(16-8-12-18(13-9-16)28(32,33)34)21(38-25)15-6-10-17(11-7-15)27(29,30)31/h2-13H. The van der Waals surface area contributed by atoms with E-state index in [0.29, 0.717) is 11.1 Å². The zero-order valence-corrected chi connectivity index (χ0v) is 19.9. The van der Waals surface area contributed by atoms with Crippen molar-refractivity contribution in [3.63, 3.8) is 0 Å². The van der Waals surface area contributed by atoms with Crippen molar-refractivity contribution in [2.45, 2.75) is 12.4 Å². The van der Waals surface area contributed by atoms with Crippen LogP contribution in [0.25, 0.3) is 27.5 Å². The first-order valence-corrected chi connectivity index (χ1v) is 11.3. The van der Waals surface area contributed by atoms with Gasteiger partial charge in [0.05, 0.1) is 27.6 Å². The Morgan fingerprint density at radius 2 is 1.07 bits per heavy atom. The summed E-state index contributed by atoms with van der Waals surface area (Å²) in [6, 6.07) is 14.7. The fourth-order valence-electron chi connectivity index (χ4n) is 4.27. The van der Waals surface area contributed by atoms with Gasteiger partial charge >= 0.3 is 12.4 Å². The number of nitriles is 1. The molecule has 0 N–H and O–H groups in total. The highest BCUT2D eigenvalue weighted by molar-refractivity contribution is 6.30. The topological polar surface area (TPSA) is 78.6 Å². The molecule has 0 aliphatic heterocycles. The predicted molar refractivity (Wildman–Crippen MR) is 133 cm³/mol. The van der Waals surface area contributed by atoms with Gasteiger partial charge in [0.1, 0.15) is 17.1 Å². The van der Waals surface area contributed by atoms with E-state index in [1.807, 2.05) is 0 Å². The quantitative estimate of drug-likeness (QED) is 0.102. The summed E-state index contributed by atoms with van der Waals surface area (Å²) in [4.78, 5) is 16.3. The van der Waals surface area contributed by atoms with Gasteiger partial charge in [-0.05, 0) is 24.3 Å². The Kier molecular flexibility index (Phi) is 6.40. The first-order chi connectivity index (χ1) is 19.0. The highest BCUT2D eigenvalue weighted by Gasteiger charge is 2.35. The third kappa shape index (κ3) is 4.67. The van der Waals surface area contributed by atoms with Crippen molar-refractivity contribution in [1.82, 2.24) is 9.97 Å². The monoisotopic (exact) mass is 546 g/mol. The van der Waals surface area contributed by atoms with Crippen LogP contribution < -0.4 is 0 Å². The Morgan fingerprint density at radius 1 is 0.650 bits per heavy atom. The van der Waals surface area contributed by atoms with Crippen molar-refractivity contribution in [2.24, 2.45) is 10.1 Å². The molecule has 12 heteroatoms. The van der Waals surface area contributed by atoms with Gasteiger partial charge in [0, 0.05) is 22.3 Å². The number of hydrogen-bond acceptors (Lipinski definition) is 5. The number of alkyl halides is 6. The molecule has 0 unspecified atom stereocenters. The van der Waals surface area contributed by atoms with Crippen LogP contribution in [0, 0.1) is 18.0 Å². The molecular weight excluding hydrogens is 534 g/mol. The molecule has 0 amide bonds. The molecule has 0 fully saturated rings. The van der Waals surface area contributed by atoms with E-state index in [1.54, 1.807) is 30.5 Å². The van der Waals surface area contributed by atoms with Gasteiger partial charge in [0.2, 0.25) is 6.19 Å². The van der Waals surface area contributed by atoms with E-state index in [2.05, 4.69) is 25.0 Å². The molecule has 1 heterocycles. The number of halogens is 6. The lowest BCUT2D eigenvalue weighted by molar-refractivity contribution is -0.138. The Bertz CT molecular complexity index is 1640. The number of rotatable bonds is 2. The van der Waals surface area contributed by atoms with E-state index in [1.165, 1.54) is 24.3 Å². The zero-order chi connectivity index (χ0) is 28.7. The summed E-state index contributed by atoms with van der Waals surface area (Å²) in [5.41, 5.74) is -0.300. The summed E-state index contributed by atoms with van der Waals surface area (Å²) in [6.45, 7) is 7.31. The zero-order valence-electron chi connectivity index (χ0n) is 19.9. The summed E-state index contributed by atoms with van der Waals surface area (Å²) in [6.07, 6.45) is -7.49. The molecule has 1 aliphatic carbocycles. The average molecular weight is 546 g/mol. The Morgan fingerprint density at radius 3 is 1.48 bits per heavy atom. The molecule has 5 rings (SSSR count). The van der Waals surface area contributed by atoms with Crippen LogP contribution in [0.1, 0.15) is 33.6 Å².